The maximum atomic E-state index is 11.3. The first kappa shape index (κ1) is 13.2. The smallest absolute Gasteiger partial charge is 0.317 e. The average Bonchev–Trinajstić information content (AvgIpc) is 2.82. The van der Waals surface area contributed by atoms with Crippen LogP contribution in [-0.2, 0) is 0 Å². The van der Waals surface area contributed by atoms with Gasteiger partial charge in [-0.25, -0.2) is 4.79 Å². The van der Waals surface area contributed by atoms with Crippen LogP contribution in [0.1, 0.15) is 15.9 Å². The Bertz CT molecular complexity index is 725. The third kappa shape index (κ3) is 2.62. The van der Waals surface area contributed by atoms with Crippen LogP contribution in [0.5, 0.6) is 0 Å². The number of aromatic amines is 1. The van der Waals surface area contributed by atoms with Crippen molar-refractivity contribution in [1.82, 2.24) is 4.98 Å². The molecule has 0 aliphatic heterocycles. The van der Waals surface area contributed by atoms with Gasteiger partial charge in [0.1, 0.15) is 5.82 Å². The fourth-order valence-corrected chi connectivity index (χ4v) is 1.80. The standard InChI is InChI=1S/C14H12N4O2/c1-2-8-4-3-5-9(6-8)11-7-10(12(15)19)13(17-11)18-14(16)20/h1,3-7,17H,(H2,15,19)(H3,16,18,20). The van der Waals surface area contributed by atoms with E-state index in [1.807, 2.05) is 6.07 Å². The van der Waals surface area contributed by atoms with E-state index in [-0.39, 0.29) is 11.4 Å². The molecular weight excluding hydrogens is 256 g/mol. The molecule has 0 unspecified atom stereocenters. The quantitative estimate of drug-likeness (QED) is 0.627. The van der Waals surface area contributed by atoms with Crippen molar-refractivity contribution in [3.63, 3.8) is 0 Å². The summed E-state index contributed by atoms with van der Waals surface area (Å²) in [5.41, 5.74) is 12.5. The van der Waals surface area contributed by atoms with Gasteiger partial charge in [-0.3, -0.25) is 10.1 Å². The monoisotopic (exact) mass is 268 g/mol. The second-order valence-electron chi connectivity index (χ2n) is 4.05. The molecule has 100 valence electrons. The number of benzene rings is 1. The Kier molecular flexibility index (Phi) is 3.44. The number of rotatable bonds is 3. The first-order valence-electron chi connectivity index (χ1n) is 5.67. The Hall–Kier alpha value is -3.20. The minimum absolute atomic E-state index is 0.143. The molecule has 0 aliphatic rings. The molecule has 6 N–H and O–H groups in total. The molecule has 0 saturated heterocycles. The number of urea groups is 1. The zero-order chi connectivity index (χ0) is 14.7. The molecule has 0 atom stereocenters. The number of carbonyl (C=O) groups excluding carboxylic acids is 2. The molecule has 0 aliphatic carbocycles. The summed E-state index contributed by atoms with van der Waals surface area (Å²) in [4.78, 5) is 25.1. The average molecular weight is 268 g/mol. The number of hydrogen-bond donors (Lipinski definition) is 4. The molecule has 1 aromatic carbocycles. The zero-order valence-corrected chi connectivity index (χ0v) is 10.4. The van der Waals surface area contributed by atoms with Crippen molar-refractivity contribution in [1.29, 1.82) is 0 Å². The van der Waals surface area contributed by atoms with E-state index in [0.29, 0.717) is 11.3 Å². The number of amides is 3. The molecule has 0 bridgehead atoms. The van der Waals surface area contributed by atoms with Gasteiger partial charge in [0, 0.05) is 11.3 Å². The van der Waals surface area contributed by atoms with Gasteiger partial charge in [0.05, 0.1) is 5.56 Å². The maximum absolute atomic E-state index is 11.3. The van der Waals surface area contributed by atoms with Gasteiger partial charge < -0.3 is 16.5 Å². The van der Waals surface area contributed by atoms with Gasteiger partial charge in [-0.1, -0.05) is 18.1 Å². The number of terminal acetylenes is 1. The Morgan fingerprint density at radius 1 is 1.25 bits per heavy atom. The largest absolute Gasteiger partial charge is 0.365 e. The lowest BCUT2D eigenvalue weighted by molar-refractivity contribution is 0.100. The van der Waals surface area contributed by atoms with Crippen LogP contribution in [0.2, 0.25) is 0 Å². The highest BCUT2D eigenvalue weighted by Gasteiger charge is 2.15. The molecule has 2 rings (SSSR count). The first-order valence-corrected chi connectivity index (χ1v) is 5.67. The van der Waals surface area contributed by atoms with Crippen molar-refractivity contribution in [2.24, 2.45) is 11.5 Å². The highest BCUT2D eigenvalue weighted by atomic mass is 16.2. The molecule has 20 heavy (non-hydrogen) atoms. The molecule has 6 nitrogen and oxygen atoms in total. The van der Waals surface area contributed by atoms with Gasteiger partial charge in [0.15, 0.2) is 0 Å². The molecule has 0 spiro atoms. The zero-order valence-electron chi connectivity index (χ0n) is 10.4. The van der Waals surface area contributed by atoms with Gasteiger partial charge in [0.2, 0.25) is 0 Å². The Morgan fingerprint density at radius 2 is 2.00 bits per heavy atom. The predicted octanol–water partition coefficient (Wildman–Crippen LogP) is 1.25. The van der Waals surface area contributed by atoms with Crippen molar-refractivity contribution in [2.45, 2.75) is 0 Å². The van der Waals surface area contributed by atoms with E-state index in [2.05, 4.69) is 16.2 Å². The van der Waals surface area contributed by atoms with Crippen LogP contribution in [-0.4, -0.2) is 16.9 Å². The number of carbonyl (C=O) groups is 2. The van der Waals surface area contributed by atoms with Crippen LogP contribution in [0.4, 0.5) is 10.6 Å². The summed E-state index contributed by atoms with van der Waals surface area (Å²) in [6, 6.07) is 7.89. The number of aromatic nitrogens is 1. The van der Waals surface area contributed by atoms with E-state index in [1.165, 1.54) is 6.07 Å². The molecule has 0 saturated carbocycles. The van der Waals surface area contributed by atoms with E-state index >= 15 is 0 Å². The van der Waals surface area contributed by atoms with Gasteiger partial charge in [0.25, 0.3) is 5.91 Å². The summed E-state index contributed by atoms with van der Waals surface area (Å²) in [7, 11) is 0. The molecular formula is C14H12N4O2. The minimum atomic E-state index is -0.793. The van der Waals surface area contributed by atoms with Crippen LogP contribution in [0, 0.1) is 12.3 Å². The van der Waals surface area contributed by atoms with E-state index in [1.54, 1.807) is 18.2 Å². The van der Waals surface area contributed by atoms with Crippen molar-refractivity contribution in [2.75, 3.05) is 5.32 Å². The molecule has 0 radical (unpaired) electrons. The summed E-state index contributed by atoms with van der Waals surface area (Å²) < 4.78 is 0. The van der Waals surface area contributed by atoms with Crippen LogP contribution >= 0.6 is 0 Å². The van der Waals surface area contributed by atoms with Gasteiger partial charge in [-0.2, -0.15) is 0 Å². The molecule has 0 fully saturated rings. The SMILES string of the molecule is C#Cc1cccc(-c2cc(C(N)=O)c(NC(N)=O)[nH]2)c1. The highest BCUT2D eigenvalue weighted by Crippen LogP contribution is 2.25. The van der Waals surface area contributed by atoms with Crippen LogP contribution in [0.15, 0.2) is 30.3 Å². The number of H-pyrrole nitrogens is 1. The fraction of sp³-hybridized carbons (Fsp3) is 0. The summed E-state index contributed by atoms with van der Waals surface area (Å²) in [5, 5.41) is 2.32. The first-order chi connectivity index (χ1) is 9.51. The van der Waals surface area contributed by atoms with Crippen LogP contribution in [0.25, 0.3) is 11.3 Å². The number of anilines is 1. The molecule has 1 heterocycles. The maximum Gasteiger partial charge on any atom is 0.317 e. The van der Waals surface area contributed by atoms with Crippen molar-refractivity contribution in [3.8, 4) is 23.6 Å². The Morgan fingerprint density at radius 3 is 2.60 bits per heavy atom. The molecule has 1 aromatic heterocycles. The minimum Gasteiger partial charge on any atom is -0.365 e. The van der Waals surface area contributed by atoms with E-state index in [9.17, 15) is 9.59 Å². The highest BCUT2D eigenvalue weighted by molar-refractivity contribution is 6.03. The normalized spacial score (nSPS) is 9.75. The summed E-state index contributed by atoms with van der Waals surface area (Å²) in [6.07, 6.45) is 5.34. The van der Waals surface area contributed by atoms with Gasteiger partial charge in [-0.05, 0) is 23.8 Å². The van der Waals surface area contributed by atoms with E-state index < -0.39 is 11.9 Å². The number of nitrogens with one attached hydrogen (secondary N) is 2. The summed E-state index contributed by atoms with van der Waals surface area (Å²) >= 11 is 0. The van der Waals surface area contributed by atoms with Gasteiger partial charge >= 0.3 is 6.03 Å². The van der Waals surface area contributed by atoms with E-state index in [4.69, 9.17) is 17.9 Å². The third-order valence-electron chi connectivity index (χ3n) is 2.67. The number of hydrogen-bond acceptors (Lipinski definition) is 2. The molecule has 3 amide bonds. The number of nitrogens with two attached hydrogens (primary N) is 2. The van der Waals surface area contributed by atoms with Crippen molar-refractivity contribution < 1.29 is 9.59 Å². The summed E-state index contributed by atoms with van der Waals surface area (Å²) in [6.45, 7) is 0. The van der Waals surface area contributed by atoms with Gasteiger partial charge in [-0.15, -0.1) is 6.42 Å². The predicted molar refractivity (Wildman–Crippen MR) is 75.9 cm³/mol. The van der Waals surface area contributed by atoms with Crippen LogP contribution in [0.3, 0.4) is 0 Å². The second-order valence-corrected chi connectivity index (χ2v) is 4.05. The topological polar surface area (TPSA) is 114 Å². The fourth-order valence-electron chi connectivity index (χ4n) is 1.80. The van der Waals surface area contributed by atoms with Crippen molar-refractivity contribution in [3.05, 3.63) is 41.5 Å². The second kappa shape index (κ2) is 5.20. The molecule has 2 aromatic rings. The Labute approximate surface area is 115 Å². The lowest BCUT2D eigenvalue weighted by Gasteiger charge is -2.01. The number of primary amides is 2. The summed E-state index contributed by atoms with van der Waals surface area (Å²) in [5.74, 6) is 2.00. The molecule has 6 heteroatoms. The Balaban J connectivity index is 2.50. The van der Waals surface area contributed by atoms with E-state index in [0.717, 1.165) is 5.56 Å². The third-order valence-corrected chi connectivity index (χ3v) is 2.67. The van der Waals surface area contributed by atoms with Crippen LogP contribution < -0.4 is 16.8 Å². The lowest BCUT2D eigenvalue weighted by atomic mass is 10.1. The van der Waals surface area contributed by atoms with Crippen molar-refractivity contribution >= 4 is 17.8 Å². The lowest BCUT2D eigenvalue weighted by Crippen LogP contribution is -2.22.